The minimum absolute atomic E-state index is 0.0509. The van der Waals surface area contributed by atoms with Gasteiger partial charge in [0, 0.05) is 14.2 Å². The molecule has 0 radical (unpaired) electrons. The van der Waals surface area contributed by atoms with E-state index in [1.54, 1.807) is 109 Å². The van der Waals surface area contributed by atoms with Gasteiger partial charge in [0.05, 0.1) is 33.4 Å². The zero-order chi connectivity index (χ0) is 49.0. The maximum Gasteiger partial charge on any atom is 0.338 e. The number of carbonyl (C=O) groups excluding carboxylic acids is 6. The van der Waals surface area contributed by atoms with E-state index < -0.39 is 97.2 Å². The van der Waals surface area contributed by atoms with E-state index in [9.17, 15) is 28.8 Å². The highest BCUT2D eigenvalue weighted by Crippen LogP contribution is 2.39. The fraction of sp³-hybridized carbons (Fsp3) is 0.222. The highest BCUT2D eigenvalue weighted by atomic mass is 16.8. The van der Waals surface area contributed by atoms with Gasteiger partial charge in [0.25, 0.3) is 0 Å². The third-order valence-corrected chi connectivity index (χ3v) is 11.4. The number of esters is 6. The van der Waals surface area contributed by atoms with Crippen LogP contribution in [0.25, 0.3) is 0 Å². The van der Waals surface area contributed by atoms with E-state index in [-0.39, 0.29) is 33.4 Å². The molecule has 0 N–H and O–H groups in total. The average molecular weight is 951 g/mol. The second-order valence-corrected chi connectivity index (χ2v) is 15.8. The molecule has 2 saturated heterocycles. The third-order valence-electron chi connectivity index (χ3n) is 11.4. The van der Waals surface area contributed by atoms with Crippen LogP contribution in [0.15, 0.2) is 182 Å². The first-order chi connectivity index (χ1) is 34.1. The maximum atomic E-state index is 14.3. The van der Waals surface area contributed by atoms with Crippen LogP contribution in [-0.2, 0) is 47.4 Å². The van der Waals surface area contributed by atoms with Crippen LogP contribution in [0, 0.1) is 0 Å². The summed E-state index contributed by atoms with van der Waals surface area (Å²) in [6, 6.07) is 47.2. The molecule has 2 aliphatic rings. The smallest absolute Gasteiger partial charge is 0.338 e. The predicted molar refractivity (Wildman–Crippen MR) is 245 cm³/mol. The third kappa shape index (κ3) is 11.3. The van der Waals surface area contributed by atoms with Crippen molar-refractivity contribution in [2.24, 2.45) is 0 Å². The SMILES string of the molecule is CO[C@H]1O[C@H]([C@H]2O[C@H](OC)[C@H](OC(=O)c3ccccc3)[C@@H](OC(=O)c3ccccc3)[C@H]2OC(=O)c2ccccc2)[C@H](OC(=O)c2ccccc2)[C@H](OC(=O)c2ccccc2)[C@H]1OC(=O)c1ccccc1. The largest absolute Gasteiger partial charge is 0.452 e. The van der Waals surface area contributed by atoms with Gasteiger partial charge >= 0.3 is 35.8 Å². The van der Waals surface area contributed by atoms with Crippen LogP contribution in [0.2, 0.25) is 0 Å². The molecule has 0 spiro atoms. The van der Waals surface area contributed by atoms with Crippen LogP contribution in [0.5, 0.6) is 0 Å². The molecule has 8 rings (SSSR count). The van der Waals surface area contributed by atoms with Gasteiger partial charge in [-0.05, 0) is 72.8 Å². The number of methoxy groups -OCH3 is 2. The lowest BCUT2D eigenvalue weighted by Crippen LogP contribution is -2.71. The fourth-order valence-corrected chi connectivity index (χ4v) is 7.96. The normalized spacial score (nSPS) is 23.9. The van der Waals surface area contributed by atoms with E-state index in [4.69, 9.17) is 47.4 Å². The van der Waals surface area contributed by atoms with Crippen molar-refractivity contribution >= 4 is 35.8 Å². The molecule has 0 amide bonds. The Hall–Kier alpha value is -8.02. The van der Waals surface area contributed by atoms with Gasteiger partial charge in [-0.3, -0.25) is 0 Å². The lowest BCUT2D eigenvalue weighted by Gasteiger charge is -2.51. The molecule has 0 aromatic heterocycles. The van der Waals surface area contributed by atoms with Crippen molar-refractivity contribution in [1.29, 1.82) is 0 Å². The molecule has 0 unspecified atom stereocenters. The Kier molecular flexibility index (Phi) is 15.8. The van der Waals surface area contributed by atoms with Gasteiger partial charge in [-0.25, -0.2) is 28.8 Å². The number of rotatable bonds is 15. The zero-order valence-corrected chi connectivity index (χ0v) is 37.6. The van der Waals surface area contributed by atoms with E-state index in [0.717, 1.165) is 0 Å². The first kappa shape index (κ1) is 48.4. The van der Waals surface area contributed by atoms with Crippen LogP contribution in [0.3, 0.4) is 0 Å². The molecule has 10 atom stereocenters. The van der Waals surface area contributed by atoms with Crippen molar-refractivity contribution in [2.45, 2.75) is 61.4 Å². The van der Waals surface area contributed by atoms with Crippen LogP contribution in [-0.4, -0.2) is 111 Å². The Balaban J connectivity index is 1.29. The summed E-state index contributed by atoms with van der Waals surface area (Å²) in [7, 11) is 2.46. The van der Waals surface area contributed by atoms with E-state index >= 15 is 0 Å². The first-order valence-corrected chi connectivity index (χ1v) is 22.1. The molecule has 16 heteroatoms. The molecule has 358 valence electrons. The molecule has 6 aromatic carbocycles. The Bertz CT molecular complexity index is 2520. The van der Waals surface area contributed by atoms with Crippen LogP contribution in [0.1, 0.15) is 62.1 Å². The van der Waals surface area contributed by atoms with Gasteiger partial charge in [0.1, 0.15) is 12.2 Å². The lowest BCUT2D eigenvalue weighted by atomic mass is 9.87. The minimum atomic E-state index is -1.84. The van der Waals surface area contributed by atoms with Gasteiger partial charge in [0.15, 0.2) is 49.2 Å². The number of carbonyl (C=O) groups is 6. The molecular formula is C54H46O16. The van der Waals surface area contributed by atoms with Gasteiger partial charge < -0.3 is 47.4 Å². The summed E-state index contributed by atoms with van der Waals surface area (Å²) < 4.78 is 62.2. The molecule has 2 fully saturated rings. The number of benzene rings is 6. The molecule has 2 heterocycles. The number of hydrogen-bond acceptors (Lipinski definition) is 16. The van der Waals surface area contributed by atoms with Gasteiger partial charge in [-0.2, -0.15) is 0 Å². The standard InChI is InChI=1S/C54H46O16/c1-61-53-45(67-51(59)37-29-17-7-18-30-37)43(65-49(57)35-25-13-5-14-26-35)39(63-47(55)33-21-9-3-10-22-33)41(69-53)42-40(64-48(56)34-23-11-4-12-24-34)44(66-50(58)36-27-15-6-16-28-36)46(54(62-2)70-42)68-52(60)38-31-19-8-20-32-38/h3-32,39-46,53-54H,1-2H3/t39-,40-,41-,42-,43-,44-,45+,46+,53-,54-/m0/s1. The summed E-state index contributed by atoms with van der Waals surface area (Å²) in [6.07, 6.45) is -17.4. The summed E-state index contributed by atoms with van der Waals surface area (Å²) >= 11 is 0. The summed E-state index contributed by atoms with van der Waals surface area (Å²) in [5.74, 6) is -5.55. The van der Waals surface area contributed by atoms with E-state index in [1.807, 2.05) is 0 Å². The predicted octanol–water partition coefficient (Wildman–Crippen LogP) is 7.08. The monoisotopic (exact) mass is 950 g/mol. The molecular weight excluding hydrogens is 905 g/mol. The summed E-state index contributed by atoms with van der Waals surface area (Å²) in [5.41, 5.74) is 0.455. The van der Waals surface area contributed by atoms with Crippen molar-refractivity contribution in [3.05, 3.63) is 215 Å². The Labute approximate surface area is 401 Å². The van der Waals surface area contributed by atoms with Crippen LogP contribution < -0.4 is 0 Å². The van der Waals surface area contributed by atoms with Crippen LogP contribution >= 0.6 is 0 Å². The molecule has 16 nitrogen and oxygen atoms in total. The molecule has 6 aromatic rings. The zero-order valence-electron chi connectivity index (χ0n) is 37.6. The van der Waals surface area contributed by atoms with Gasteiger partial charge in [-0.1, -0.05) is 109 Å². The summed E-state index contributed by atoms with van der Waals surface area (Å²) in [5, 5.41) is 0. The first-order valence-electron chi connectivity index (χ1n) is 22.1. The highest BCUT2D eigenvalue weighted by molar-refractivity contribution is 5.93. The molecule has 0 saturated carbocycles. The van der Waals surface area contributed by atoms with Crippen LogP contribution in [0.4, 0.5) is 0 Å². The second kappa shape index (κ2) is 22.9. The topological polar surface area (TPSA) is 195 Å². The Morgan fingerprint density at radius 1 is 0.286 bits per heavy atom. The number of ether oxygens (including phenoxy) is 10. The van der Waals surface area contributed by atoms with E-state index in [0.29, 0.717) is 0 Å². The van der Waals surface area contributed by atoms with Gasteiger partial charge in [0.2, 0.25) is 0 Å². The Morgan fingerprint density at radius 2 is 0.471 bits per heavy atom. The summed E-state index contributed by atoms with van der Waals surface area (Å²) in [4.78, 5) is 85.0. The van der Waals surface area contributed by atoms with E-state index in [2.05, 4.69) is 0 Å². The highest BCUT2D eigenvalue weighted by Gasteiger charge is 2.62. The Morgan fingerprint density at radius 3 is 0.671 bits per heavy atom. The maximum absolute atomic E-state index is 14.3. The quantitative estimate of drug-likeness (QED) is 0.0748. The van der Waals surface area contributed by atoms with Crippen molar-refractivity contribution < 1.29 is 76.1 Å². The second-order valence-electron chi connectivity index (χ2n) is 15.8. The minimum Gasteiger partial charge on any atom is -0.452 e. The molecule has 2 aliphatic heterocycles. The molecule has 0 aliphatic carbocycles. The summed E-state index contributed by atoms with van der Waals surface area (Å²) in [6.45, 7) is 0. The molecule has 70 heavy (non-hydrogen) atoms. The van der Waals surface area contributed by atoms with Crippen molar-refractivity contribution in [2.75, 3.05) is 14.2 Å². The fourth-order valence-electron chi connectivity index (χ4n) is 7.96. The van der Waals surface area contributed by atoms with Gasteiger partial charge in [-0.15, -0.1) is 0 Å². The van der Waals surface area contributed by atoms with Crippen molar-refractivity contribution in [1.82, 2.24) is 0 Å². The molecule has 0 bridgehead atoms. The lowest BCUT2D eigenvalue weighted by molar-refractivity contribution is -0.349. The number of hydrogen-bond donors (Lipinski definition) is 0. The average Bonchev–Trinajstić information content (AvgIpc) is 3.41. The van der Waals surface area contributed by atoms with E-state index in [1.165, 1.54) is 87.0 Å². The van der Waals surface area contributed by atoms with Crippen molar-refractivity contribution in [3.63, 3.8) is 0 Å². The van der Waals surface area contributed by atoms with Crippen molar-refractivity contribution in [3.8, 4) is 0 Å².